The van der Waals surface area contributed by atoms with Crippen molar-refractivity contribution < 1.29 is 4.74 Å². The monoisotopic (exact) mass is 254 g/mol. The summed E-state index contributed by atoms with van der Waals surface area (Å²) in [6, 6.07) is 3.77. The summed E-state index contributed by atoms with van der Waals surface area (Å²) < 4.78 is 5.83. The van der Waals surface area contributed by atoms with Crippen LogP contribution in [0.1, 0.15) is 38.3 Å². The lowest BCUT2D eigenvalue weighted by molar-refractivity contribution is 0.0439. The highest BCUT2D eigenvalue weighted by atomic mass is 35.5. The number of hydrogen-bond donors (Lipinski definition) is 1. The Morgan fingerprint density at radius 3 is 2.88 bits per heavy atom. The largest absolute Gasteiger partial charge is 0.372 e. The second-order valence-electron chi connectivity index (χ2n) is 4.37. The van der Waals surface area contributed by atoms with E-state index in [0.717, 1.165) is 18.1 Å². The van der Waals surface area contributed by atoms with Crippen molar-refractivity contribution in [1.82, 2.24) is 4.98 Å². The minimum atomic E-state index is 0.399. The minimum absolute atomic E-state index is 0.399. The van der Waals surface area contributed by atoms with E-state index >= 15 is 0 Å². The van der Waals surface area contributed by atoms with Gasteiger partial charge in [0.25, 0.3) is 0 Å². The first-order valence-corrected chi connectivity index (χ1v) is 6.68. The standard InChI is InChI=1S/C13H19ClN2O/c1-2-15-13-8-7-11(14)12(16-13)9-17-10-5-3-4-6-10/h7-8,10H,2-6,9H2,1H3,(H,15,16). The van der Waals surface area contributed by atoms with E-state index in [4.69, 9.17) is 16.3 Å². The lowest BCUT2D eigenvalue weighted by atomic mass is 10.3. The maximum atomic E-state index is 6.11. The molecule has 17 heavy (non-hydrogen) atoms. The number of rotatable bonds is 5. The van der Waals surface area contributed by atoms with Crippen LogP contribution in [0.4, 0.5) is 5.82 Å². The lowest BCUT2D eigenvalue weighted by Gasteiger charge is -2.12. The molecule has 1 aliphatic rings. The first-order valence-electron chi connectivity index (χ1n) is 6.30. The molecule has 0 atom stereocenters. The summed E-state index contributed by atoms with van der Waals surface area (Å²) in [6.07, 6.45) is 5.30. The third-order valence-electron chi connectivity index (χ3n) is 3.03. The molecule has 0 aromatic carbocycles. The maximum Gasteiger partial charge on any atom is 0.126 e. The van der Waals surface area contributed by atoms with Gasteiger partial charge in [-0.25, -0.2) is 4.98 Å². The van der Waals surface area contributed by atoms with Gasteiger partial charge in [-0.05, 0) is 31.9 Å². The van der Waals surface area contributed by atoms with Crippen molar-refractivity contribution in [3.05, 3.63) is 22.8 Å². The van der Waals surface area contributed by atoms with Crippen molar-refractivity contribution in [2.45, 2.75) is 45.3 Å². The molecule has 94 valence electrons. The van der Waals surface area contributed by atoms with Crippen molar-refractivity contribution in [1.29, 1.82) is 0 Å². The summed E-state index contributed by atoms with van der Waals surface area (Å²) in [5.41, 5.74) is 0.831. The van der Waals surface area contributed by atoms with Crippen molar-refractivity contribution in [2.24, 2.45) is 0 Å². The van der Waals surface area contributed by atoms with Gasteiger partial charge in [0.2, 0.25) is 0 Å². The number of aromatic nitrogens is 1. The summed E-state index contributed by atoms with van der Waals surface area (Å²) >= 11 is 6.11. The van der Waals surface area contributed by atoms with Crippen LogP contribution in [-0.4, -0.2) is 17.6 Å². The molecular formula is C13H19ClN2O. The minimum Gasteiger partial charge on any atom is -0.372 e. The van der Waals surface area contributed by atoms with Gasteiger partial charge in [0.15, 0.2) is 0 Å². The predicted octanol–water partition coefficient (Wildman–Crippen LogP) is 3.63. The van der Waals surface area contributed by atoms with Crippen LogP contribution in [0.5, 0.6) is 0 Å². The molecule has 1 fully saturated rings. The zero-order valence-corrected chi connectivity index (χ0v) is 11.0. The summed E-state index contributed by atoms with van der Waals surface area (Å²) in [7, 11) is 0. The van der Waals surface area contributed by atoms with Crippen molar-refractivity contribution in [2.75, 3.05) is 11.9 Å². The first-order chi connectivity index (χ1) is 8.29. The second-order valence-corrected chi connectivity index (χ2v) is 4.78. The van der Waals surface area contributed by atoms with E-state index in [9.17, 15) is 0 Å². The van der Waals surface area contributed by atoms with Gasteiger partial charge >= 0.3 is 0 Å². The van der Waals surface area contributed by atoms with E-state index in [1.807, 2.05) is 19.1 Å². The van der Waals surface area contributed by atoms with Gasteiger partial charge in [-0.15, -0.1) is 0 Å². The van der Waals surface area contributed by atoms with Gasteiger partial charge in [0.1, 0.15) is 5.82 Å². The van der Waals surface area contributed by atoms with Crippen LogP contribution >= 0.6 is 11.6 Å². The molecule has 3 nitrogen and oxygen atoms in total. The Hall–Kier alpha value is -0.800. The van der Waals surface area contributed by atoms with Crippen LogP contribution in [0.2, 0.25) is 5.02 Å². The molecule has 1 saturated carbocycles. The molecule has 1 heterocycles. The van der Waals surface area contributed by atoms with Crippen LogP contribution in [-0.2, 0) is 11.3 Å². The van der Waals surface area contributed by atoms with E-state index in [1.54, 1.807) is 0 Å². The lowest BCUT2D eigenvalue weighted by Crippen LogP contribution is -2.09. The molecule has 0 spiro atoms. The summed E-state index contributed by atoms with van der Waals surface area (Å²) in [6.45, 7) is 3.42. The molecule has 0 aliphatic heterocycles. The molecule has 1 aromatic heterocycles. The van der Waals surface area contributed by atoms with Crippen LogP contribution < -0.4 is 5.32 Å². The third kappa shape index (κ3) is 3.58. The fraction of sp³-hybridized carbons (Fsp3) is 0.615. The highest BCUT2D eigenvalue weighted by molar-refractivity contribution is 6.31. The van der Waals surface area contributed by atoms with Gasteiger partial charge in [-0.3, -0.25) is 0 Å². The van der Waals surface area contributed by atoms with E-state index in [-0.39, 0.29) is 0 Å². The fourth-order valence-corrected chi connectivity index (χ4v) is 2.28. The molecular weight excluding hydrogens is 236 g/mol. The number of hydrogen-bond acceptors (Lipinski definition) is 3. The zero-order chi connectivity index (χ0) is 12.1. The Bertz CT molecular complexity index is 364. The molecule has 0 bridgehead atoms. The third-order valence-corrected chi connectivity index (χ3v) is 3.38. The van der Waals surface area contributed by atoms with E-state index in [0.29, 0.717) is 17.7 Å². The Labute approximate surface area is 108 Å². The Balaban J connectivity index is 1.95. The molecule has 0 unspecified atom stereocenters. The Kier molecular flexibility index (Phi) is 4.63. The highest BCUT2D eigenvalue weighted by Crippen LogP contribution is 2.24. The molecule has 1 aliphatic carbocycles. The van der Waals surface area contributed by atoms with Gasteiger partial charge in [-0.2, -0.15) is 0 Å². The maximum absolute atomic E-state index is 6.11. The van der Waals surface area contributed by atoms with Crippen LogP contribution in [0.3, 0.4) is 0 Å². The normalized spacial score (nSPS) is 16.4. The number of nitrogens with zero attached hydrogens (tertiary/aromatic N) is 1. The fourth-order valence-electron chi connectivity index (χ4n) is 2.12. The van der Waals surface area contributed by atoms with Gasteiger partial charge in [-0.1, -0.05) is 24.4 Å². The van der Waals surface area contributed by atoms with Gasteiger partial charge in [0.05, 0.1) is 23.4 Å². The SMILES string of the molecule is CCNc1ccc(Cl)c(COC2CCCC2)n1. The number of ether oxygens (including phenoxy) is 1. The van der Waals surface area contributed by atoms with Crippen LogP contribution in [0.15, 0.2) is 12.1 Å². The smallest absolute Gasteiger partial charge is 0.126 e. The topological polar surface area (TPSA) is 34.1 Å². The van der Waals surface area contributed by atoms with Gasteiger partial charge < -0.3 is 10.1 Å². The quantitative estimate of drug-likeness (QED) is 0.871. The van der Waals surface area contributed by atoms with Crippen LogP contribution in [0.25, 0.3) is 0 Å². The second kappa shape index (κ2) is 6.22. The molecule has 0 saturated heterocycles. The summed E-state index contributed by atoms with van der Waals surface area (Å²) in [5.74, 6) is 0.863. The molecule has 0 radical (unpaired) electrons. The van der Waals surface area contributed by atoms with E-state index in [1.165, 1.54) is 25.7 Å². The first kappa shape index (κ1) is 12.7. The summed E-state index contributed by atoms with van der Waals surface area (Å²) in [5, 5.41) is 3.86. The Morgan fingerprint density at radius 2 is 2.18 bits per heavy atom. The zero-order valence-electron chi connectivity index (χ0n) is 10.2. The highest BCUT2D eigenvalue weighted by Gasteiger charge is 2.16. The number of pyridine rings is 1. The number of nitrogens with one attached hydrogen (secondary N) is 1. The average Bonchev–Trinajstić information content (AvgIpc) is 2.83. The molecule has 0 amide bonds. The van der Waals surface area contributed by atoms with E-state index < -0.39 is 0 Å². The molecule has 2 rings (SSSR count). The van der Waals surface area contributed by atoms with Gasteiger partial charge in [0, 0.05) is 6.54 Å². The molecule has 4 heteroatoms. The molecule has 1 N–H and O–H groups in total. The van der Waals surface area contributed by atoms with Crippen molar-refractivity contribution in [3.8, 4) is 0 Å². The number of anilines is 1. The Morgan fingerprint density at radius 1 is 1.41 bits per heavy atom. The predicted molar refractivity (Wildman–Crippen MR) is 70.5 cm³/mol. The van der Waals surface area contributed by atoms with E-state index in [2.05, 4.69) is 10.3 Å². The summed E-state index contributed by atoms with van der Waals surface area (Å²) in [4.78, 5) is 4.45. The van der Waals surface area contributed by atoms with Crippen LogP contribution in [0, 0.1) is 0 Å². The van der Waals surface area contributed by atoms with Crippen molar-refractivity contribution in [3.63, 3.8) is 0 Å². The number of halogens is 1. The molecule has 1 aromatic rings. The average molecular weight is 255 g/mol. The van der Waals surface area contributed by atoms with Crippen molar-refractivity contribution >= 4 is 17.4 Å².